The Balaban J connectivity index is 1.88. The Morgan fingerprint density at radius 2 is 1.90 bits per heavy atom. The standard InChI is InChI=1S/C17H17FN2/c1-12-7-9-16-15(11-12)19-17(20(16)2)10-8-13-5-3-4-6-14(13)18/h3-7,9,11H,8,10H2,1-2H3. The molecule has 0 spiro atoms. The second kappa shape index (κ2) is 5.08. The van der Waals surface area contributed by atoms with Gasteiger partial charge in [0.1, 0.15) is 11.6 Å². The molecule has 0 N–H and O–H groups in total. The molecule has 0 saturated carbocycles. The van der Waals surface area contributed by atoms with Gasteiger partial charge in [-0.25, -0.2) is 9.37 Å². The van der Waals surface area contributed by atoms with Crippen LogP contribution in [0, 0.1) is 12.7 Å². The first-order valence-electron chi connectivity index (χ1n) is 6.80. The normalized spacial score (nSPS) is 11.2. The lowest BCUT2D eigenvalue weighted by Crippen LogP contribution is -2.01. The molecular weight excluding hydrogens is 251 g/mol. The Hall–Kier alpha value is -2.16. The molecule has 3 aromatic rings. The number of aryl methyl sites for hydroxylation is 4. The van der Waals surface area contributed by atoms with Gasteiger partial charge in [0.2, 0.25) is 0 Å². The summed E-state index contributed by atoms with van der Waals surface area (Å²) in [4.78, 5) is 4.66. The molecule has 0 aliphatic rings. The van der Waals surface area contributed by atoms with Crippen LogP contribution >= 0.6 is 0 Å². The van der Waals surface area contributed by atoms with Crippen LogP contribution in [0.3, 0.4) is 0 Å². The summed E-state index contributed by atoms with van der Waals surface area (Å²) in [6.45, 7) is 2.06. The highest BCUT2D eigenvalue weighted by atomic mass is 19.1. The number of rotatable bonds is 3. The van der Waals surface area contributed by atoms with Crippen molar-refractivity contribution in [3.63, 3.8) is 0 Å². The fraction of sp³-hybridized carbons (Fsp3) is 0.235. The number of imidazole rings is 1. The molecule has 0 saturated heterocycles. The zero-order valence-electron chi connectivity index (χ0n) is 11.7. The van der Waals surface area contributed by atoms with Gasteiger partial charge in [-0.15, -0.1) is 0 Å². The number of nitrogens with zero attached hydrogens (tertiary/aromatic N) is 2. The third-order valence-electron chi connectivity index (χ3n) is 3.70. The van der Waals surface area contributed by atoms with Gasteiger partial charge in [0, 0.05) is 13.5 Å². The Bertz CT molecular complexity index is 759. The lowest BCUT2D eigenvalue weighted by atomic mass is 10.1. The molecule has 3 rings (SSSR count). The molecule has 0 bridgehead atoms. The predicted octanol–water partition coefficient (Wildman–Crippen LogP) is 3.81. The maximum Gasteiger partial charge on any atom is 0.126 e. The fourth-order valence-electron chi connectivity index (χ4n) is 2.53. The van der Waals surface area contributed by atoms with Crippen LogP contribution in [0.1, 0.15) is 17.0 Å². The number of fused-ring (bicyclic) bond motifs is 1. The van der Waals surface area contributed by atoms with E-state index in [1.54, 1.807) is 6.07 Å². The van der Waals surface area contributed by atoms with E-state index in [0.717, 1.165) is 28.8 Å². The van der Waals surface area contributed by atoms with Crippen molar-refractivity contribution >= 4 is 11.0 Å². The van der Waals surface area contributed by atoms with Crippen LogP contribution in [0.2, 0.25) is 0 Å². The van der Waals surface area contributed by atoms with Crippen LogP contribution in [-0.2, 0) is 19.9 Å². The molecule has 20 heavy (non-hydrogen) atoms. The molecule has 0 unspecified atom stereocenters. The Morgan fingerprint density at radius 3 is 2.70 bits per heavy atom. The fourth-order valence-corrected chi connectivity index (χ4v) is 2.53. The van der Waals surface area contributed by atoms with Gasteiger partial charge >= 0.3 is 0 Å². The van der Waals surface area contributed by atoms with Crippen LogP contribution in [0.25, 0.3) is 11.0 Å². The Kier molecular flexibility index (Phi) is 3.26. The van der Waals surface area contributed by atoms with E-state index in [2.05, 4.69) is 34.7 Å². The van der Waals surface area contributed by atoms with E-state index in [1.807, 2.05) is 19.2 Å². The summed E-state index contributed by atoms with van der Waals surface area (Å²) in [5.41, 5.74) is 4.09. The van der Waals surface area contributed by atoms with Crippen LogP contribution < -0.4 is 0 Å². The number of hydrogen-bond donors (Lipinski definition) is 0. The van der Waals surface area contributed by atoms with Gasteiger partial charge in [-0.1, -0.05) is 24.3 Å². The molecule has 0 atom stereocenters. The van der Waals surface area contributed by atoms with Crippen LogP contribution in [-0.4, -0.2) is 9.55 Å². The zero-order valence-corrected chi connectivity index (χ0v) is 11.7. The quantitative estimate of drug-likeness (QED) is 0.706. The summed E-state index contributed by atoms with van der Waals surface area (Å²) in [5, 5.41) is 0. The smallest absolute Gasteiger partial charge is 0.126 e. The molecule has 1 heterocycles. The van der Waals surface area contributed by atoms with Gasteiger partial charge in [0.05, 0.1) is 11.0 Å². The Morgan fingerprint density at radius 1 is 1.10 bits per heavy atom. The summed E-state index contributed by atoms with van der Waals surface area (Å²) >= 11 is 0. The van der Waals surface area contributed by atoms with Crippen molar-refractivity contribution < 1.29 is 4.39 Å². The minimum atomic E-state index is -0.137. The summed E-state index contributed by atoms with van der Waals surface area (Å²) < 4.78 is 15.7. The molecule has 0 aliphatic heterocycles. The molecule has 2 nitrogen and oxygen atoms in total. The van der Waals surface area contributed by atoms with Gasteiger partial charge in [0.15, 0.2) is 0 Å². The summed E-state index contributed by atoms with van der Waals surface area (Å²) in [6.07, 6.45) is 1.41. The van der Waals surface area contributed by atoms with Gasteiger partial charge in [-0.3, -0.25) is 0 Å². The minimum Gasteiger partial charge on any atom is -0.331 e. The maximum atomic E-state index is 13.6. The summed E-state index contributed by atoms with van der Waals surface area (Å²) in [7, 11) is 2.02. The summed E-state index contributed by atoms with van der Waals surface area (Å²) in [5.74, 6) is 0.857. The predicted molar refractivity (Wildman–Crippen MR) is 79.3 cm³/mol. The second-order valence-corrected chi connectivity index (χ2v) is 5.17. The first-order chi connectivity index (χ1) is 9.65. The number of hydrogen-bond acceptors (Lipinski definition) is 1. The van der Waals surface area contributed by atoms with Crippen molar-refractivity contribution in [2.45, 2.75) is 19.8 Å². The number of halogens is 1. The van der Waals surface area contributed by atoms with Crippen molar-refractivity contribution in [2.24, 2.45) is 7.05 Å². The minimum absolute atomic E-state index is 0.137. The third kappa shape index (κ3) is 2.31. The molecule has 102 valence electrons. The van der Waals surface area contributed by atoms with Gasteiger partial charge in [-0.2, -0.15) is 0 Å². The summed E-state index contributed by atoms with van der Waals surface area (Å²) in [6, 6.07) is 13.2. The number of benzene rings is 2. The van der Waals surface area contributed by atoms with Crippen LogP contribution in [0.5, 0.6) is 0 Å². The van der Waals surface area contributed by atoms with E-state index < -0.39 is 0 Å². The average Bonchev–Trinajstić information content (AvgIpc) is 2.74. The molecule has 0 amide bonds. The third-order valence-corrected chi connectivity index (χ3v) is 3.70. The van der Waals surface area contributed by atoms with Crippen molar-refractivity contribution in [1.29, 1.82) is 0 Å². The highest BCUT2D eigenvalue weighted by Crippen LogP contribution is 2.18. The molecule has 0 aliphatic carbocycles. The second-order valence-electron chi connectivity index (χ2n) is 5.17. The van der Waals surface area contributed by atoms with E-state index in [9.17, 15) is 4.39 Å². The maximum absolute atomic E-state index is 13.6. The molecular formula is C17H17FN2. The first kappa shape index (κ1) is 12.9. The highest BCUT2D eigenvalue weighted by molar-refractivity contribution is 5.76. The lowest BCUT2D eigenvalue weighted by Gasteiger charge is -2.04. The Labute approximate surface area is 117 Å². The van der Waals surface area contributed by atoms with E-state index in [-0.39, 0.29) is 5.82 Å². The van der Waals surface area contributed by atoms with Crippen LogP contribution in [0.4, 0.5) is 4.39 Å². The molecule has 1 aromatic heterocycles. The van der Waals surface area contributed by atoms with E-state index >= 15 is 0 Å². The largest absolute Gasteiger partial charge is 0.331 e. The van der Waals surface area contributed by atoms with Gasteiger partial charge < -0.3 is 4.57 Å². The number of aromatic nitrogens is 2. The van der Waals surface area contributed by atoms with Crippen molar-refractivity contribution in [2.75, 3.05) is 0 Å². The van der Waals surface area contributed by atoms with Crippen molar-refractivity contribution in [1.82, 2.24) is 9.55 Å². The van der Waals surface area contributed by atoms with Gasteiger partial charge in [0.25, 0.3) is 0 Å². The lowest BCUT2D eigenvalue weighted by molar-refractivity contribution is 0.606. The monoisotopic (exact) mass is 268 g/mol. The van der Waals surface area contributed by atoms with E-state index in [1.165, 1.54) is 11.6 Å². The van der Waals surface area contributed by atoms with E-state index in [4.69, 9.17) is 0 Å². The molecule has 3 heteroatoms. The topological polar surface area (TPSA) is 17.8 Å². The molecule has 0 radical (unpaired) electrons. The van der Waals surface area contributed by atoms with Gasteiger partial charge in [-0.05, 0) is 42.7 Å². The highest BCUT2D eigenvalue weighted by Gasteiger charge is 2.09. The first-order valence-corrected chi connectivity index (χ1v) is 6.80. The molecule has 0 fully saturated rings. The average molecular weight is 268 g/mol. The van der Waals surface area contributed by atoms with E-state index in [0.29, 0.717) is 6.42 Å². The SMILES string of the molecule is Cc1ccc2c(c1)nc(CCc1ccccc1F)n2C. The van der Waals surface area contributed by atoms with Crippen LogP contribution in [0.15, 0.2) is 42.5 Å². The van der Waals surface area contributed by atoms with Crippen molar-refractivity contribution in [3.05, 3.63) is 65.2 Å². The molecule has 2 aromatic carbocycles. The van der Waals surface area contributed by atoms with Crippen molar-refractivity contribution in [3.8, 4) is 0 Å². The zero-order chi connectivity index (χ0) is 14.1.